The molecule has 0 spiro atoms. The second kappa shape index (κ2) is 7.06. The lowest BCUT2D eigenvalue weighted by Gasteiger charge is -2.29. The van der Waals surface area contributed by atoms with Gasteiger partial charge in [-0.25, -0.2) is 0 Å². The molecule has 2 bridgehead atoms. The molecular formula is C24H36. The van der Waals surface area contributed by atoms with Gasteiger partial charge >= 0.3 is 0 Å². The minimum atomic E-state index is 0.659. The topological polar surface area (TPSA) is 0 Å². The summed E-state index contributed by atoms with van der Waals surface area (Å²) >= 11 is 0. The summed E-state index contributed by atoms with van der Waals surface area (Å²) in [5.41, 5.74) is 8.19. The third-order valence-corrected chi connectivity index (χ3v) is 6.60. The Morgan fingerprint density at radius 3 is 2.50 bits per heavy atom. The molecule has 1 aromatic carbocycles. The lowest BCUT2D eigenvalue weighted by molar-refractivity contribution is 0.515. The number of hydrogen-bond donors (Lipinski definition) is 0. The van der Waals surface area contributed by atoms with Crippen LogP contribution in [0.3, 0.4) is 0 Å². The van der Waals surface area contributed by atoms with Crippen LogP contribution in [-0.4, -0.2) is 0 Å². The van der Waals surface area contributed by atoms with Crippen LogP contribution >= 0.6 is 0 Å². The Kier molecular flexibility index (Phi) is 5.23. The zero-order chi connectivity index (χ0) is 17.4. The fourth-order valence-corrected chi connectivity index (χ4v) is 4.82. The van der Waals surface area contributed by atoms with Crippen LogP contribution < -0.4 is 0 Å². The van der Waals surface area contributed by atoms with E-state index in [-0.39, 0.29) is 0 Å². The first-order chi connectivity index (χ1) is 11.4. The Labute approximate surface area is 149 Å². The maximum atomic E-state index is 2.53. The summed E-state index contributed by atoms with van der Waals surface area (Å²) in [5, 5.41) is 0. The van der Waals surface area contributed by atoms with Crippen molar-refractivity contribution in [3.05, 3.63) is 40.0 Å². The van der Waals surface area contributed by atoms with Gasteiger partial charge in [0.2, 0.25) is 0 Å². The van der Waals surface area contributed by atoms with E-state index in [1.54, 1.807) is 22.3 Å². The van der Waals surface area contributed by atoms with Gasteiger partial charge in [0.15, 0.2) is 0 Å². The molecule has 2 aliphatic carbocycles. The van der Waals surface area contributed by atoms with Crippen LogP contribution in [-0.2, 0) is 6.42 Å². The lowest BCUT2D eigenvalue weighted by Crippen LogP contribution is -2.14. The Morgan fingerprint density at radius 2 is 1.83 bits per heavy atom. The highest BCUT2D eigenvalue weighted by molar-refractivity contribution is 5.65. The number of benzene rings is 1. The predicted molar refractivity (Wildman–Crippen MR) is 107 cm³/mol. The van der Waals surface area contributed by atoms with Crippen molar-refractivity contribution in [3.63, 3.8) is 0 Å². The molecular weight excluding hydrogens is 288 g/mol. The summed E-state index contributed by atoms with van der Waals surface area (Å²) < 4.78 is 0. The number of rotatable bonds is 5. The number of hydrogen-bond acceptors (Lipinski definition) is 0. The van der Waals surface area contributed by atoms with Gasteiger partial charge in [0.1, 0.15) is 0 Å². The standard InChI is InChI=1S/C24H36/c1-15(2)7-10-20-13-17(5)22-12-9-19-8-11-21(14-19)24(22)23(20)18(6)16(3)4/h9,12-13,15-16,18-19,21H,7-8,10-11,14H2,1-6H3. The minimum Gasteiger partial charge on any atom is -0.0808 e. The monoisotopic (exact) mass is 324 g/mol. The van der Waals surface area contributed by atoms with Crippen molar-refractivity contribution < 1.29 is 0 Å². The molecule has 3 atom stereocenters. The normalized spacial score (nSPS) is 23.7. The fourth-order valence-electron chi connectivity index (χ4n) is 4.82. The highest BCUT2D eigenvalue weighted by Crippen LogP contribution is 2.48. The first-order valence-corrected chi connectivity index (χ1v) is 10.2. The second-order valence-electron chi connectivity index (χ2n) is 9.19. The molecule has 1 aromatic rings. The molecule has 0 aromatic heterocycles. The Bertz CT molecular complexity index is 617. The van der Waals surface area contributed by atoms with Gasteiger partial charge in [-0.3, -0.25) is 0 Å². The Balaban J connectivity index is 2.15. The average Bonchev–Trinajstić information content (AvgIpc) is 2.89. The van der Waals surface area contributed by atoms with Crippen LogP contribution in [0.4, 0.5) is 0 Å². The molecule has 0 saturated heterocycles. The molecule has 0 heterocycles. The van der Waals surface area contributed by atoms with Gasteiger partial charge in [0.05, 0.1) is 0 Å². The van der Waals surface area contributed by atoms with Gasteiger partial charge in [-0.2, -0.15) is 0 Å². The summed E-state index contributed by atoms with van der Waals surface area (Å²) in [5.74, 6) is 3.77. The maximum absolute atomic E-state index is 2.53. The molecule has 24 heavy (non-hydrogen) atoms. The van der Waals surface area contributed by atoms with E-state index in [4.69, 9.17) is 0 Å². The van der Waals surface area contributed by atoms with Crippen molar-refractivity contribution >= 4 is 6.08 Å². The zero-order valence-electron chi connectivity index (χ0n) is 16.7. The van der Waals surface area contributed by atoms with Gasteiger partial charge in [0, 0.05) is 0 Å². The van der Waals surface area contributed by atoms with Crippen LogP contribution in [0.25, 0.3) is 6.08 Å². The summed E-state index contributed by atoms with van der Waals surface area (Å²) in [7, 11) is 0. The molecule has 0 heteroatoms. The van der Waals surface area contributed by atoms with E-state index in [1.165, 1.54) is 37.7 Å². The first kappa shape index (κ1) is 17.8. The fraction of sp³-hybridized carbons (Fsp3) is 0.667. The van der Waals surface area contributed by atoms with Crippen LogP contribution in [0.15, 0.2) is 12.1 Å². The van der Waals surface area contributed by atoms with Crippen LogP contribution in [0, 0.1) is 24.7 Å². The number of allylic oxidation sites excluding steroid dienone is 1. The summed E-state index contributed by atoms with van der Waals surface area (Å²) in [6.45, 7) is 14.3. The minimum absolute atomic E-state index is 0.659. The van der Waals surface area contributed by atoms with Crippen LogP contribution in [0.5, 0.6) is 0 Å². The van der Waals surface area contributed by atoms with Crippen molar-refractivity contribution in [2.75, 3.05) is 0 Å². The van der Waals surface area contributed by atoms with E-state index in [2.05, 4.69) is 59.8 Å². The average molecular weight is 325 g/mol. The van der Waals surface area contributed by atoms with E-state index in [0.717, 1.165) is 17.8 Å². The molecule has 2 aliphatic rings. The van der Waals surface area contributed by atoms with E-state index in [0.29, 0.717) is 11.8 Å². The van der Waals surface area contributed by atoms with E-state index in [1.807, 2.05) is 0 Å². The second-order valence-corrected chi connectivity index (χ2v) is 9.19. The molecule has 1 saturated carbocycles. The molecule has 3 unspecified atom stereocenters. The third kappa shape index (κ3) is 3.35. The maximum Gasteiger partial charge on any atom is -0.0147 e. The Morgan fingerprint density at radius 1 is 1.08 bits per heavy atom. The van der Waals surface area contributed by atoms with Crippen LogP contribution in [0.2, 0.25) is 0 Å². The van der Waals surface area contributed by atoms with Gasteiger partial charge < -0.3 is 0 Å². The van der Waals surface area contributed by atoms with Gasteiger partial charge in [0.25, 0.3) is 0 Å². The van der Waals surface area contributed by atoms with Crippen molar-refractivity contribution in [2.24, 2.45) is 17.8 Å². The summed E-state index contributed by atoms with van der Waals surface area (Å²) in [4.78, 5) is 0. The SMILES string of the molecule is Cc1cc(CCC(C)C)c(C(C)C(C)C)c2c1C=CC1CCC2C1. The molecule has 0 amide bonds. The zero-order valence-corrected chi connectivity index (χ0v) is 16.7. The van der Waals surface area contributed by atoms with Gasteiger partial charge in [-0.05, 0) is 96.4 Å². The molecule has 3 rings (SSSR count). The first-order valence-electron chi connectivity index (χ1n) is 10.2. The highest BCUT2D eigenvalue weighted by Gasteiger charge is 2.33. The predicted octanol–water partition coefficient (Wildman–Crippen LogP) is 7.25. The molecule has 0 radical (unpaired) electrons. The van der Waals surface area contributed by atoms with Crippen LogP contribution in [0.1, 0.15) is 100.0 Å². The number of aryl methyl sites for hydroxylation is 2. The summed E-state index contributed by atoms with van der Waals surface area (Å²) in [6.07, 6.45) is 11.7. The van der Waals surface area contributed by atoms with E-state index >= 15 is 0 Å². The third-order valence-electron chi connectivity index (χ3n) is 6.60. The van der Waals surface area contributed by atoms with Crippen molar-refractivity contribution in [1.29, 1.82) is 0 Å². The van der Waals surface area contributed by atoms with E-state index < -0.39 is 0 Å². The Hall–Kier alpha value is -1.04. The molecule has 0 N–H and O–H groups in total. The lowest BCUT2D eigenvalue weighted by atomic mass is 9.75. The quantitative estimate of drug-likeness (QED) is 0.535. The smallest absolute Gasteiger partial charge is 0.0147 e. The van der Waals surface area contributed by atoms with Crippen molar-refractivity contribution in [1.82, 2.24) is 0 Å². The molecule has 0 aliphatic heterocycles. The van der Waals surface area contributed by atoms with Gasteiger partial charge in [-0.1, -0.05) is 52.8 Å². The van der Waals surface area contributed by atoms with E-state index in [9.17, 15) is 0 Å². The largest absolute Gasteiger partial charge is 0.0808 e. The summed E-state index contributed by atoms with van der Waals surface area (Å²) in [6, 6.07) is 2.53. The van der Waals surface area contributed by atoms with Crippen molar-refractivity contribution in [3.8, 4) is 0 Å². The molecule has 132 valence electrons. The molecule has 0 nitrogen and oxygen atoms in total. The molecule has 1 fully saturated rings. The number of fused-ring (bicyclic) bond motifs is 4. The van der Waals surface area contributed by atoms with Gasteiger partial charge in [-0.15, -0.1) is 0 Å². The van der Waals surface area contributed by atoms with Crippen molar-refractivity contribution in [2.45, 2.75) is 85.5 Å². The highest BCUT2D eigenvalue weighted by atomic mass is 14.4.